The standard InChI is InChI=1S/C24H24FNO4/c1-28-21-14-19(24(27)26-12-11-17-9-6-10-20(25)13-17)15-22(29-2)23(21)30-16-18-7-4-3-5-8-18/h3-10,13-15H,11-12,16H2,1-2H3,(H,26,27). The zero-order chi connectivity index (χ0) is 21.3. The molecule has 0 atom stereocenters. The highest BCUT2D eigenvalue weighted by molar-refractivity contribution is 5.95. The summed E-state index contributed by atoms with van der Waals surface area (Å²) in [5, 5.41) is 2.83. The highest BCUT2D eigenvalue weighted by atomic mass is 19.1. The smallest absolute Gasteiger partial charge is 0.251 e. The van der Waals surface area contributed by atoms with Gasteiger partial charge < -0.3 is 19.5 Å². The lowest BCUT2D eigenvalue weighted by atomic mass is 10.1. The molecule has 0 aromatic heterocycles. The van der Waals surface area contributed by atoms with Crippen LogP contribution >= 0.6 is 0 Å². The second kappa shape index (κ2) is 10.3. The molecule has 0 saturated carbocycles. The van der Waals surface area contributed by atoms with Crippen LogP contribution in [0.2, 0.25) is 0 Å². The van der Waals surface area contributed by atoms with E-state index in [0.29, 0.717) is 42.4 Å². The maximum Gasteiger partial charge on any atom is 0.251 e. The van der Waals surface area contributed by atoms with Gasteiger partial charge in [0.15, 0.2) is 11.5 Å². The molecule has 3 aromatic carbocycles. The third kappa shape index (κ3) is 5.50. The second-order valence-electron chi connectivity index (χ2n) is 6.62. The van der Waals surface area contributed by atoms with Gasteiger partial charge in [0.05, 0.1) is 14.2 Å². The molecule has 0 bridgehead atoms. The minimum atomic E-state index is -0.292. The fourth-order valence-corrected chi connectivity index (χ4v) is 3.00. The van der Waals surface area contributed by atoms with E-state index in [1.165, 1.54) is 26.4 Å². The summed E-state index contributed by atoms with van der Waals surface area (Å²) in [7, 11) is 3.02. The van der Waals surface area contributed by atoms with Crippen LogP contribution < -0.4 is 19.5 Å². The molecule has 30 heavy (non-hydrogen) atoms. The summed E-state index contributed by atoms with van der Waals surface area (Å²) in [6, 6.07) is 19.3. The van der Waals surface area contributed by atoms with Gasteiger partial charge in [-0.25, -0.2) is 4.39 Å². The number of amides is 1. The van der Waals surface area contributed by atoms with E-state index in [0.717, 1.165) is 11.1 Å². The van der Waals surface area contributed by atoms with E-state index in [1.54, 1.807) is 18.2 Å². The molecule has 0 heterocycles. The van der Waals surface area contributed by atoms with Gasteiger partial charge >= 0.3 is 0 Å². The van der Waals surface area contributed by atoms with Crippen molar-refractivity contribution in [2.45, 2.75) is 13.0 Å². The van der Waals surface area contributed by atoms with Crippen molar-refractivity contribution in [3.8, 4) is 17.2 Å². The summed E-state index contributed by atoms with van der Waals surface area (Å²) in [6.45, 7) is 0.714. The lowest BCUT2D eigenvalue weighted by Gasteiger charge is -2.16. The van der Waals surface area contributed by atoms with Gasteiger partial charge in [0.2, 0.25) is 5.75 Å². The van der Waals surface area contributed by atoms with E-state index in [1.807, 2.05) is 36.4 Å². The van der Waals surface area contributed by atoms with Crippen molar-refractivity contribution in [2.75, 3.05) is 20.8 Å². The monoisotopic (exact) mass is 409 g/mol. The van der Waals surface area contributed by atoms with Gasteiger partial charge in [-0.05, 0) is 41.8 Å². The number of rotatable bonds is 9. The maximum atomic E-state index is 13.3. The summed E-state index contributed by atoms with van der Waals surface area (Å²) < 4.78 is 30.0. The van der Waals surface area contributed by atoms with Gasteiger partial charge in [0, 0.05) is 12.1 Å². The summed E-state index contributed by atoms with van der Waals surface area (Å²) in [4.78, 5) is 12.6. The first-order chi connectivity index (χ1) is 14.6. The lowest BCUT2D eigenvalue weighted by Crippen LogP contribution is -2.25. The molecule has 0 fully saturated rings. The second-order valence-corrected chi connectivity index (χ2v) is 6.62. The molecular formula is C24H24FNO4. The fraction of sp³-hybridized carbons (Fsp3) is 0.208. The average molecular weight is 409 g/mol. The van der Waals surface area contributed by atoms with Crippen LogP contribution in [0.25, 0.3) is 0 Å². The molecule has 3 rings (SSSR count). The Morgan fingerprint density at radius 3 is 2.20 bits per heavy atom. The van der Waals surface area contributed by atoms with Crippen molar-refractivity contribution in [3.63, 3.8) is 0 Å². The van der Waals surface area contributed by atoms with Gasteiger partial charge in [-0.1, -0.05) is 42.5 Å². The molecular weight excluding hydrogens is 385 g/mol. The minimum absolute atomic E-state index is 0.280. The number of hydrogen-bond donors (Lipinski definition) is 1. The molecule has 0 aliphatic heterocycles. The number of ether oxygens (including phenoxy) is 3. The van der Waals surface area contributed by atoms with Gasteiger partial charge in [0.1, 0.15) is 12.4 Å². The zero-order valence-corrected chi connectivity index (χ0v) is 17.0. The Labute approximate surface area is 175 Å². The minimum Gasteiger partial charge on any atom is -0.493 e. The number of benzene rings is 3. The molecule has 0 saturated heterocycles. The Hall–Kier alpha value is -3.54. The van der Waals surface area contributed by atoms with E-state index < -0.39 is 0 Å². The Balaban J connectivity index is 1.69. The Morgan fingerprint density at radius 2 is 1.57 bits per heavy atom. The highest BCUT2D eigenvalue weighted by Crippen LogP contribution is 2.39. The number of carbonyl (C=O) groups excluding carboxylic acids is 1. The normalized spacial score (nSPS) is 10.4. The van der Waals surface area contributed by atoms with E-state index >= 15 is 0 Å². The summed E-state index contributed by atoms with van der Waals surface area (Å²) in [5.41, 5.74) is 2.20. The van der Waals surface area contributed by atoms with E-state index in [4.69, 9.17) is 14.2 Å². The Morgan fingerprint density at radius 1 is 0.900 bits per heavy atom. The summed E-state index contributed by atoms with van der Waals surface area (Å²) in [6.07, 6.45) is 0.524. The SMILES string of the molecule is COc1cc(C(=O)NCCc2cccc(F)c2)cc(OC)c1OCc1ccccc1. The molecule has 0 aliphatic rings. The Bertz CT molecular complexity index is 967. The fourth-order valence-electron chi connectivity index (χ4n) is 3.00. The molecule has 3 aromatic rings. The van der Waals surface area contributed by atoms with Gasteiger partial charge in [-0.3, -0.25) is 4.79 Å². The Kier molecular flexibility index (Phi) is 7.27. The van der Waals surface area contributed by atoms with Crippen LogP contribution in [0.1, 0.15) is 21.5 Å². The topological polar surface area (TPSA) is 56.8 Å². The van der Waals surface area contributed by atoms with Crippen LogP contribution in [-0.4, -0.2) is 26.7 Å². The van der Waals surface area contributed by atoms with Crippen molar-refractivity contribution in [1.29, 1.82) is 0 Å². The third-order valence-corrected chi connectivity index (χ3v) is 4.54. The molecule has 0 spiro atoms. The van der Waals surface area contributed by atoms with Crippen LogP contribution in [0.4, 0.5) is 4.39 Å². The molecule has 156 valence electrons. The third-order valence-electron chi connectivity index (χ3n) is 4.54. The van der Waals surface area contributed by atoms with Crippen molar-refractivity contribution in [1.82, 2.24) is 5.32 Å². The molecule has 0 aliphatic carbocycles. The van der Waals surface area contributed by atoms with Crippen LogP contribution in [0, 0.1) is 5.82 Å². The van der Waals surface area contributed by atoms with Crippen molar-refractivity contribution >= 4 is 5.91 Å². The van der Waals surface area contributed by atoms with E-state index in [9.17, 15) is 9.18 Å². The molecule has 0 unspecified atom stereocenters. The maximum absolute atomic E-state index is 13.3. The van der Waals surface area contributed by atoms with E-state index in [2.05, 4.69) is 5.32 Å². The van der Waals surface area contributed by atoms with E-state index in [-0.39, 0.29) is 11.7 Å². The predicted molar refractivity (Wildman–Crippen MR) is 113 cm³/mol. The molecule has 0 radical (unpaired) electrons. The summed E-state index contributed by atoms with van der Waals surface area (Å²) in [5.74, 6) is 0.665. The molecule has 5 nitrogen and oxygen atoms in total. The number of hydrogen-bond acceptors (Lipinski definition) is 4. The number of methoxy groups -OCH3 is 2. The summed E-state index contributed by atoms with van der Waals surface area (Å²) >= 11 is 0. The van der Waals surface area contributed by atoms with Crippen LogP contribution in [0.3, 0.4) is 0 Å². The largest absolute Gasteiger partial charge is 0.493 e. The van der Waals surface area contributed by atoms with Gasteiger partial charge in [-0.2, -0.15) is 0 Å². The first-order valence-corrected chi connectivity index (χ1v) is 9.56. The molecule has 1 N–H and O–H groups in total. The highest BCUT2D eigenvalue weighted by Gasteiger charge is 2.18. The van der Waals surface area contributed by atoms with Crippen LogP contribution in [-0.2, 0) is 13.0 Å². The molecule has 1 amide bonds. The molecule has 6 heteroatoms. The van der Waals surface area contributed by atoms with Crippen molar-refractivity contribution in [3.05, 3.63) is 89.2 Å². The van der Waals surface area contributed by atoms with Crippen molar-refractivity contribution in [2.24, 2.45) is 0 Å². The first kappa shape index (κ1) is 21.2. The quantitative estimate of drug-likeness (QED) is 0.569. The lowest BCUT2D eigenvalue weighted by molar-refractivity contribution is 0.0953. The number of carbonyl (C=O) groups is 1. The average Bonchev–Trinajstić information content (AvgIpc) is 2.77. The van der Waals surface area contributed by atoms with Crippen LogP contribution in [0.15, 0.2) is 66.7 Å². The number of halogens is 1. The van der Waals surface area contributed by atoms with Gasteiger partial charge in [0.25, 0.3) is 5.91 Å². The van der Waals surface area contributed by atoms with Crippen molar-refractivity contribution < 1.29 is 23.4 Å². The first-order valence-electron chi connectivity index (χ1n) is 9.56. The number of nitrogens with one attached hydrogen (secondary N) is 1. The predicted octanol–water partition coefficient (Wildman–Crippen LogP) is 4.39. The zero-order valence-electron chi connectivity index (χ0n) is 17.0. The van der Waals surface area contributed by atoms with Crippen LogP contribution in [0.5, 0.6) is 17.2 Å². The van der Waals surface area contributed by atoms with Gasteiger partial charge in [-0.15, -0.1) is 0 Å².